The van der Waals surface area contributed by atoms with Crippen molar-refractivity contribution in [2.24, 2.45) is 7.05 Å². The largest absolute Gasteiger partial charge is 0.431 e. The lowest BCUT2D eigenvalue weighted by molar-refractivity contribution is -0.143. The average Bonchev–Trinajstić information content (AvgIpc) is 2.19. The lowest BCUT2D eigenvalue weighted by atomic mass is 10.2. The third-order valence-corrected chi connectivity index (χ3v) is 2.07. The number of hydrogen-bond donors (Lipinski definition) is 1. The number of alkyl halides is 3. The first kappa shape index (κ1) is 12.3. The molecule has 0 bridgehead atoms. The summed E-state index contributed by atoms with van der Waals surface area (Å²) in [7, 11) is 2.26. The fourth-order valence-electron chi connectivity index (χ4n) is 1.23. The van der Waals surface area contributed by atoms with Crippen LogP contribution >= 0.6 is 0 Å². The summed E-state index contributed by atoms with van der Waals surface area (Å²) in [5, 5.41) is 2.17. The topological polar surface area (TPSA) is 51.1 Å². The first-order valence-corrected chi connectivity index (χ1v) is 4.28. The molecule has 0 aliphatic rings. The van der Waals surface area contributed by atoms with Gasteiger partial charge < -0.3 is 9.88 Å². The molecule has 4 nitrogen and oxygen atoms in total. The third kappa shape index (κ3) is 2.07. The molecule has 1 amide bonds. The Morgan fingerprint density at radius 3 is 2.38 bits per heavy atom. The summed E-state index contributed by atoms with van der Waals surface area (Å²) in [4.78, 5) is 22.6. The minimum atomic E-state index is -4.62. The molecule has 0 aliphatic heterocycles. The van der Waals surface area contributed by atoms with E-state index in [0.29, 0.717) is 10.6 Å². The van der Waals surface area contributed by atoms with Crippen molar-refractivity contribution in [1.29, 1.82) is 0 Å². The lowest BCUT2D eigenvalue weighted by Crippen LogP contribution is -2.33. The van der Waals surface area contributed by atoms with Crippen LogP contribution in [0.1, 0.15) is 16.1 Å². The van der Waals surface area contributed by atoms with Gasteiger partial charge in [-0.15, -0.1) is 0 Å². The van der Waals surface area contributed by atoms with Crippen LogP contribution in [0.4, 0.5) is 13.2 Å². The molecule has 1 rings (SSSR count). The number of amides is 1. The second kappa shape index (κ2) is 3.99. The van der Waals surface area contributed by atoms with Gasteiger partial charge >= 0.3 is 6.18 Å². The number of hydrogen-bond acceptors (Lipinski definition) is 2. The van der Waals surface area contributed by atoms with Crippen LogP contribution in [0.25, 0.3) is 0 Å². The van der Waals surface area contributed by atoms with Gasteiger partial charge in [0, 0.05) is 14.1 Å². The van der Waals surface area contributed by atoms with E-state index >= 15 is 0 Å². The number of rotatable bonds is 1. The maximum absolute atomic E-state index is 12.4. The number of nitrogens with zero attached hydrogens (tertiary/aromatic N) is 1. The first-order valence-electron chi connectivity index (χ1n) is 4.28. The van der Waals surface area contributed by atoms with Gasteiger partial charge in [-0.25, -0.2) is 0 Å². The van der Waals surface area contributed by atoms with E-state index in [4.69, 9.17) is 0 Å². The van der Waals surface area contributed by atoms with Gasteiger partial charge in [0.1, 0.15) is 11.3 Å². The summed E-state index contributed by atoms with van der Waals surface area (Å²) in [6.45, 7) is 0. The maximum Gasteiger partial charge on any atom is 0.431 e. The molecule has 0 atom stereocenters. The molecule has 0 aliphatic carbocycles. The molecule has 88 valence electrons. The van der Waals surface area contributed by atoms with Gasteiger partial charge in [-0.2, -0.15) is 13.2 Å². The van der Waals surface area contributed by atoms with E-state index in [2.05, 4.69) is 5.32 Å². The summed E-state index contributed by atoms with van der Waals surface area (Å²) in [5.41, 5.74) is -2.39. The molecule has 1 aromatic heterocycles. The van der Waals surface area contributed by atoms with E-state index < -0.39 is 23.3 Å². The quantitative estimate of drug-likeness (QED) is 0.780. The molecular formula is C9H9F3N2O2. The van der Waals surface area contributed by atoms with Gasteiger partial charge in [0.2, 0.25) is 0 Å². The van der Waals surface area contributed by atoms with E-state index in [1.165, 1.54) is 7.05 Å². The summed E-state index contributed by atoms with van der Waals surface area (Å²) in [6, 6.07) is 1.57. The van der Waals surface area contributed by atoms with Crippen molar-refractivity contribution in [2.75, 3.05) is 7.05 Å². The molecule has 0 aromatic carbocycles. The van der Waals surface area contributed by atoms with E-state index in [9.17, 15) is 22.8 Å². The molecule has 1 heterocycles. The van der Waals surface area contributed by atoms with Crippen LogP contribution < -0.4 is 10.9 Å². The predicted octanol–water partition coefficient (Wildman–Crippen LogP) is 0.764. The molecule has 0 saturated heterocycles. The fraction of sp³-hybridized carbons (Fsp3) is 0.333. The molecule has 0 spiro atoms. The zero-order valence-electron chi connectivity index (χ0n) is 8.55. The Hall–Kier alpha value is -1.79. The number of carbonyl (C=O) groups excluding carboxylic acids is 1. The summed E-state index contributed by atoms with van der Waals surface area (Å²) >= 11 is 0. The number of pyridine rings is 1. The van der Waals surface area contributed by atoms with Gasteiger partial charge in [-0.1, -0.05) is 0 Å². The van der Waals surface area contributed by atoms with Crippen LogP contribution in [0, 0.1) is 0 Å². The number of carbonyl (C=O) groups is 1. The molecule has 1 N–H and O–H groups in total. The SMILES string of the molecule is CNC(=O)c1ccc(C(F)(F)F)n(C)c1=O. The molecule has 0 saturated carbocycles. The van der Waals surface area contributed by atoms with Crippen molar-refractivity contribution in [3.05, 3.63) is 33.7 Å². The van der Waals surface area contributed by atoms with Crippen molar-refractivity contribution in [3.8, 4) is 0 Å². The monoisotopic (exact) mass is 234 g/mol. The zero-order valence-corrected chi connectivity index (χ0v) is 8.55. The molecule has 7 heteroatoms. The van der Waals surface area contributed by atoms with Crippen LogP contribution in [0.2, 0.25) is 0 Å². The predicted molar refractivity (Wildman–Crippen MR) is 50.1 cm³/mol. The van der Waals surface area contributed by atoms with E-state index in [1.54, 1.807) is 0 Å². The highest BCUT2D eigenvalue weighted by Gasteiger charge is 2.34. The normalized spacial score (nSPS) is 11.3. The van der Waals surface area contributed by atoms with Crippen LogP contribution in [0.5, 0.6) is 0 Å². The zero-order chi connectivity index (χ0) is 12.5. The van der Waals surface area contributed by atoms with E-state index in [1.807, 2.05) is 0 Å². The van der Waals surface area contributed by atoms with E-state index in [0.717, 1.165) is 13.1 Å². The summed E-state index contributed by atoms with van der Waals surface area (Å²) in [5.74, 6) is -0.714. The molecule has 16 heavy (non-hydrogen) atoms. The van der Waals surface area contributed by atoms with Crippen molar-refractivity contribution < 1.29 is 18.0 Å². The van der Waals surface area contributed by atoms with Crippen molar-refractivity contribution in [2.45, 2.75) is 6.18 Å². The van der Waals surface area contributed by atoms with Crippen LogP contribution in [0.3, 0.4) is 0 Å². The number of nitrogens with one attached hydrogen (secondary N) is 1. The number of halogens is 3. The molecule has 0 radical (unpaired) electrons. The standard InChI is InChI=1S/C9H9F3N2O2/c1-13-7(15)5-3-4-6(9(10,11)12)14(2)8(5)16/h3-4H,1-2H3,(H,13,15). The van der Waals surface area contributed by atoms with Gasteiger partial charge in [-0.05, 0) is 12.1 Å². The van der Waals surface area contributed by atoms with Crippen LogP contribution in [-0.4, -0.2) is 17.5 Å². The average molecular weight is 234 g/mol. The fourth-order valence-corrected chi connectivity index (χ4v) is 1.23. The Morgan fingerprint density at radius 1 is 1.38 bits per heavy atom. The van der Waals surface area contributed by atoms with Gasteiger partial charge in [0.25, 0.3) is 11.5 Å². The van der Waals surface area contributed by atoms with Crippen molar-refractivity contribution in [3.63, 3.8) is 0 Å². The maximum atomic E-state index is 12.4. The Labute approximate surface area is 88.7 Å². The summed E-state index contributed by atoms with van der Waals surface area (Å²) < 4.78 is 37.6. The smallest absolute Gasteiger partial charge is 0.355 e. The highest BCUT2D eigenvalue weighted by Crippen LogP contribution is 2.27. The highest BCUT2D eigenvalue weighted by atomic mass is 19.4. The Balaban J connectivity index is 3.41. The van der Waals surface area contributed by atoms with Gasteiger partial charge in [0.05, 0.1) is 0 Å². The van der Waals surface area contributed by atoms with Crippen molar-refractivity contribution in [1.82, 2.24) is 9.88 Å². The molecule has 1 aromatic rings. The minimum Gasteiger partial charge on any atom is -0.355 e. The van der Waals surface area contributed by atoms with Crippen molar-refractivity contribution >= 4 is 5.91 Å². The number of aromatic nitrogens is 1. The highest BCUT2D eigenvalue weighted by molar-refractivity contribution is 5.93. The third-order valence-electron chi connectivity index (χ3n) is 2.07. The molecular weight excluding hydrogens is 225 g/mol. The molecule has 0 fully saturated rings. The Morgan fingerprint density at radius 2 is 1.94 bits per heavy atom. The minimum absolute atomic E-state index is 0.321. The summed E-state index contributed by atoms with van der Waals surface area (Å²) in [6.07, 6.45) is -4.62. The van der Waals surface area contributed by atoms with Gasteiger partial charge in [-0.3, -0.25) is 9.59 Å². The molecule has 0 unspecified atom stereocenters. The van der Waals surface area contributed by atoms with Gasteiger partial charge in [0.15, 0.2) is 0 Å². The lowest BCUT2D eigenvalue weighted by Gasteiger charge is -2.12. The van der Waals surface area contributed by atoms with Crippen LogP contribution in [-0.2, 0) is 13.2 Å². The first-order chi connectivity index (χ1) is 7.29. The Kier molecular flexibility index (Phi) is 3.06. The second-order valence-corrected chi connectivity index (χ2v) is 3.07. The Bertz CT molecular complexity index is 477. The van der Waals surface area contributed by atoms with E-state index in [-0.39, 0.29) is 5.56 Å². The second-order valence-electron chi connectivity index (χ2n) is 3.07. The van der Waals surface area contributed by atoms with Crippen LogP contribution in [0.15, 0.2) is 16.9 Å².